The number of pyridine rings is 1. The number of hydrogen-bond acceptors (Lipinski definition) is 7. The van der Waals surface area contributed by atoms with E-state index >= 15 is 0 Å². The van der Waals surface area contributed by atoms with Crippen LogP contribution in [0.3, 0.4) is 0 Å². The lowest BCUT2D eigenvalue weighted by atomic mass is 10.1. The summed E-state index contributed by atoms with van der Waals surface area (Å²) in [4.78, 5) is 42.1. The zero-order chi connectivity index (χ0) is 27.9. The maximum Gasteiger partial charge on any atom is 0.251 e. The molecule has 2 aliphatic rings. The van der Waals surface area contributed by atoms with Gasteiger partial charge >= 0.3 is 0 Å². The van der Waals surface area contributed by atoms with E-state index in [0.29, 0.717) is 25.0 Å². The molecule has 0 fully saturated rings. The molecule has 0 saturated carbocycles. The minimum atomic E-state index is 0. The maximum atomic E-state index is 12.4. The van der Waals surface area contributed by atoms with E-state index in [0.717, 1.165) is 71.7 Å². The second-order valence-corrected chi connectivity index (χ2v) is 10.5. The van der Waals surface area contributed by atoms with E-state index in [2.05, 4.69) is 40.5 Å². The number of carbonyl (C=O) groups is 2. The summed E-state index contributed by atoms with van der Waals surface area (Å²) < 4.78 is 0. The number of nitrogens with one attached hydrogen (secondary N) is 2. The molecular weight excluding hydrogens is 538 g/mol. The van der Waals surface area contributed by atoms with Crippen LogP contribution >= 0.6 is 12.4 Å². The van der Waals surface area contributed by atoms with Gasteiger partial charge in [0.15, 0.2) is 0 Å². The van der Waals surface area contributed by atoms with Crippen molar-refractivity contribution in [1.82, 2.24) is 14.8 Å². The molecule has 10 heteroatoms. The number of rotatable bonds is 12. The molecule has 2 aromatic carbocycles. The molecule has 0 bridgehead atoms. The minimum absolute atomic E-state index is 0. The highest BCUT2D eigenvalue weighted by Gasteiger charge is 2.26. The molecule has 3 aromatic rings. The van der Waals surface area contributed by atoms with Gasteiger partial charge in [-0.2, -0.15) is 0 Å². The Balaban J connectivity index is 0.00000387. The number of unbranched alkanes of at least 4 members (excludes halogenated alkanes) is 6. The summed E-state index contributed by atoms with van der Waals surface area (Å²) in [7, 11) is 0. The van der Waals surface area contributed by atoms with Crippen molar-refractivity contribution in [3.05, 3.63) is 42.5 Å². The van der Waals surface area contributed by atoms with Gasteiger partial charge in [-0.3, -0.25) is 19.4 Å². The van der Waals surface area contributed by atoms with Gasteiger partial charge in [-0.15, -0.1) is 12.4 Å². The molecule has 3 heterocycles. The third-order valence-corrected chi connectivity index (χ3v) is 7.44. The average molecular weight is 578 g/mol. The SMILES string of the molecule is CCCCCCN1C(=O)CN=C1Nc1ccc2cc3ccc(NC4=NCC(=O)N4CCCCCC)cc3nc2c1.Cl. The Bertz CT molecular complexity index is 1350. The normalized spacial score (nSPS) is 15.0. The van der Waals surface area contributed by atoms with Crippen molar-refractivity contribution in [3.63, 3.8) is 0 Å². The molecule has 1 aromatic heterocycles. The lowest BCUT2D eigenvalue weighted by Crippen LogP contribution is -2.37. The van der Waals surface area contributed by atoms with Gasteiger partial charge in [0.2, 0.25) is 11.9 Å². The van der Waals surface area contributed by atoms with E-state index in [-0.39, 0.29) is 37.3 Å². The largest absolute Gasteiger partial charge is 0.326 e. The summed E-state index contributed by atoms with van der Waals surface area (Å²) in [6, 6.07) is 14.2. The molecule has 218 valence electrons. The quantitative estimate of drug-likeness (QED) is 0.197. The van der Waals surface area contributed by atoms with Crippen LogP contribution in [0, 0.1) is 0 Å². The Hall–Kier alpha value is -3.72. The molecule has 0 radical (unpaired) electrons. The number of halogens is 1. The number of hydrogen-bond donors (Lipinski definition) is 2. The van der Waals surface area contributed by atoms with E-state index in [4.69, 9.17) is 4.98 Å². The smallest absolute Gasteiger partial charge is 0.251 e. The highest BCUT2D eigenvalue weighted by molar-refractivity contribution is 6.10. The Labute approximate surface area is 247 Å². The lowest BCUT2D eigenvalue weighted by Gasteiger charge is -2.20. The minimum Gasteiger partial charge on any atom is -0.326 e. The lowest BCUT2D eigenvalue weighted by molar-refractivity contribution is -0.125. The Morgan fingerprint density at radius 2 is 1.12 bits per heavy atom. The van der Waals surface area contributed by atoms with Crippen LogP contribution in [0.1, 0.15) is 65.2 Å². The zero-order valence-corrected chi connectivity index (χ0v) is 24.8. The molecule has 0 unspecified atom stereocenters. The second-order valence-electron chi connectivity index (χ2n) is 10.5. The van der Waals surface area contributed by atoms with Crippen LogP contribution in [0.4, 0.5) is 11.4 Å². The van der Waals surface area contributed by atoms with Crippen molar-refractivity contribution < 1.29 is 9.59 Å². The molecule has 41 heavy (non-hydrogen) atoms. The fraction of sp³-hybridized carbons (Fsp3) is 0.452. The van der Waals surface area contributed by atoms with Crippen molar-refractivity contribution in [2.24, 2.45) is 9.98 Å². The number of aliphatic imine (C=N–C) groups is 2. The number of carbonyl (C=O) groups excluding carboxylic acids is 2. The van der Waals surface area contributed by atoms with Crippen LogP contribution in [0.5, 0.6) is 0 Å². The molecule has 5 rings (SSSR count). The van der Waals surface area contributed by atoms with E-state index < -0.39 is 0 Å². The molecule has 2 N–H and O–H groups in total. The Morgan fingerprint density at radius 3 is 1.56 bits per heavy atom. The number of nitrogens with zero attached hydrogens (tertiary/aromatic N) is 5. The van der Waals surface area contributed by atoms with Gasteiger partial charge in [0, 0.05) is 35.2 Å². The third-order valence-electron chi connectivity index (χ3n) is 7.44. The predicted octanol–water partition coefficient (Wildman–Crippen LogP) is 6.19. The molecule has 0 saturated heterocycles. The number of amides is 2. The molecule has 2 amide bonds. The van der Waals surface area contributed by atoms with Crippen molar-refractivity contribution in [2.75, 3.05) is 36.8 Å². The highest BCUT2D eigenvalue weighted by atomic mass is 35.5. The molecule has 0 aliphatic carbocycles. The van der Waals surface area contributed by atoms with Crippen LogP contribution < -0.4 is 10.6 Å². The van der Waals surface area contributed by atoms with Gasteiger partial charge < -0.3 is 10.6 Å². The van der Waals surface area contributed by atoms with Gasteiger partial charge in [-0.25, -0.2) is 15.0 Å². The first kappa shape index (κ1) is 30.2. The van der Waals surface area contributed by atoms with Gasteiger partial charge in [-0.05, 0) is 43.2 Å². The summed E-state index contributed by atoms with van der Waals surface area (Å²) in [6.07, 6.45) is 8.83. The average Bonchev–Trinajstić information content (AvgIpc) is 3.48. The molecular formula is C31H40ClN7O2. The van der Waals surface area contributed by atoms with Crippen LogP contribution in [0.15, 0.2) is 52.4 Å². The van der Waals surface area contributed by atoms with E-state index in [9.17, 15) is 9.59 Å². The van der Waals surface area contributed by atoms with Crippen molar-refractivity contribution >= 4 is 69.3 Å². The zero-order valence-electron chi connectivity index (χ0n) is 24.0. The highest BCUT2D eigenvalue weighted by Crippen LogP contribution is 2.26. The first-order valence-electron chi connectivity index (χ1n) is 14.6. The number of benzene rings is 2. The van der Waals surface area contributed by atoms with Gasteiger partial charge in [-0.1, -0.05) is 64.5 Å². The van der Waals surface area contributed by atoms with Crippen molar-refractivity contribution in [2.45, 2.75) is 65.2 Å². The molecule has 9 nitrogen and oxygen atoms in total. The van der Waals surface area contributed by atoms with Gasteiger partial charge in [0.05, 0.1) is 11.0 Å². The van der Waals surface area contributed by atoms with Gasteiger partial charge in [0.1, 0.15) is 13.1 Å². The summed E-state index contributed by atoms with van der Waals surface area (Å²) in [5, 5.41) is 8.75. The predicted molar refractivity (Wildman–Crippen MR) is 170 cm³/mol. The van der Waals surface area contributed by atoms with E-state index in [1.165, 1.54) is 12.8 Å². The summed E-state index contributed by atoms with van der Waals surface area (Å²) >= 11 is 0. The summed E-state index contributed by atoms with van der Waals surface area (Å²) in [6.45, 7) is 6.11. The third kappa shape index (κ3) is 7.33. The monoisotopic (exact) mass is 577 g/mol. The van der Waals surface area contributed by atoms with Crippen LogP contribution in [0.2, 0.25) is 0 Å². The maximum absolute atomic E-state index is 12.4. The van der Waals surface area contributed by atoms with Crippen LogP contribution in [-0.2, 0) is 9.59 Å². The van der Waals surface area contributed by atoms with Crippen molar-refractivity contribution in [3.8, 4) is 0 Å². The summed E-state index contributed by atoms with van der Waals surface area (Å²) in [5.41, 5.74) is 3.39. The fourth-order valence-corrected chi connectivity index (χ4v) is 5.17. The van der Waals surface area contributed by atoms with Gasteiger partial charge in [0.25, 0.3) is 11.8 Å². The standard InChI is InChI=1S/C31H39N7O2.ClH/c1-3-5-7-9-15-37-28(39)20-32-30(37)34-24-13-11-22-17-23-12-14-25(19-27(23)36-26(22)18-24)35-31-33-21-29(40)38(31)16-10-8-6-4-2;/h11-14,17-19H,3-10,15-16,20-21H2,1-2H3,(H,32,34)(H,33,35);1H. The Morgan fingerprint density at radius 1 is 0.659 bits per heavy atom. The van der Waals surface area contributed by atoms with E-state index in [1.807, 2.05) is 36.4 Å². The second kappa shape index (κ2) is 14.3. The number of guanidine groups is 2. The van der Waals surface area contributed by atoms with Crippen LogP contribution in [-0.4, -0.2) is 64.7 Å². The first-order valence-corrected chi connectivity index (χ1v) is 14.6. The number of aromatic nitrogens is 1. The Kier molecular flexibility index (Phi) is 10.5. The van der Waals surface area contributed by atoms with Crippen molar-refractivity contribution in [1.29, 1.82) is 0 Å². The molecule has 2 aliphatic heterocycles. The topological polar surface area (TPSA) is 102 Å². The number of fused-ring (bicyclic) bond motifs is 2. The summed E-state index contributed by atoms with van der Waals surface area (Å²) in [5.74, 6) is 1.30. The van der Waals surface area contributed by atoms with E-state index in [1.54, 1.807) is 9.80 Å². The molecule has 0 spiro atoms. The first-order chi connectivity index (χ1) is 19.6. The number of anilines is 2. The van der Waals surface area contributed by atoms with Crippen LogP contribution in [0.25, 0.3) is 21.8 Å². The molecule has 0 atom stereocenters. The fourth-order valence-electron chi connectivity index (χ4n) is 5.17.